The van der Waals surface area contributed by atoms with Crippen molar-refractivity contribution in [3.05, 3.63) is 0 Å². The van der Waals surface area contributed by atoms with Gasteiger partial charge in [0.2, 0.25) is 5.91 Å². The highest BCUT2D eigenvalue weighted by Crippen LogP contribution is 2.24. The summed E-state index contributed by atoms with van der Waals surface area (Å²) in [6.45, 7) is 1.78. The van der Waals surface area contributed by atoms with Gasteiger partial charge < -0.3 is 10.0 Å². The largest absolute Gasteiger partial charge is 0.481 e. The fraction of sp³-hybridized carbons (Fsp3) is 0.818. The highest BCUT2D eigenvalue weighted by Gasteiger charge is 2.27. The van der Waals surface area contributed by atoms with Gasteiger partial charge in [-0.05, 0) is 31.3 Å². The van der Waals surface area contributed by atoms with Crippen LogP contribution >= 0.6 is 11.8 Å². The quantitative estimate of drug-likeness (QED) is 0.814. The Morgan fingerprint density at radius 1 is 1.44 bits per heavy atom. The van der Waals surface area contributed by atoms with E-state index in [-0.39, 0.29) is 24.3 Å². The first-order valence-corrected chi connectivity index (χ1v) is 6.74. The number of nitrogens with zero attached hydrogens (tertiary/aromatic N) is 1. The SMILES string of the molecule is CC(CC(=O)O)N(C)C(=O)C1CCSCC1. The number of aliphatic carboxylic acids is 1. The van der Waals surface area contributed by atoms with E-state index in [9.17, 15) is 9.59 Å². The van der Waals surface area contributed by atoms with E-state index in [1.165, 1.54) is 0 Å². The van der Waals surface area contributed by atoms with Gasteiger partial charge in [0.1, 0.15) is 0 Å². The molecule has 1 heterocycles. The molecular weight excluding hydrogens is 226 g/mol. The second-order valence-electron chi connectivity index (χ2n) is 4.28. The summed E-state index contributed by atoms with van der Waals surface area (Å²) in [5.74, 6) is 1.43. The van der Waals surface area contributed by atoms with Crippen LogP contribution in [0.1, 0.15) is 26.2 Å². The summed E-state index contributed by atoms with van der Waals surface area (Å²) in [4.78, 5) is 24.2. The Hall–Kier alpha value is -0.710. The van der Waals surface area contributed by atoms with Crippen molar-refractivity contribution in [2.75, 3.05) is 18.6 Å². The van der Waals surface area contributed by atoms with Crippen LogP contribution in [0.15, 0.2) is 0 Å². The molecule has 1 rings (SSSR count). The summed E-state index contributed by atoms with van der Waals surface area (Å²) >= 11 is 1.88. The third-order valence-corrected chi connectivity index (χ3v) is 4.10. The molecule has 1 aliphatic heterocycles. The predicted octanol–water partition coefficient (Wildman–Crippen LogP) is 1.45. The first-order valence-electron chi connectivity index (χ1n) is 5.58. The van der Waals surface area contributed by atoms with Gasteiger partial charge in [0.15, 0.2) is 0 Å². The summed E-state index contributed by atoms with van der Waals surface area (Å²) in [6.07, 6.45) is 1.87. The number of hydrogen-bond acceptors (Lipinski definition) is 3. The molecular formula is C11H19NO3S. The maximum atomic E-state index is 12.0. The first-order chi connectivity index (χ1) is 7.52. The van der Waals surface area contributed by atoms with Gasteiger partial charge in [-0.2, -0.15) is 11.8 Å². The van der Waals surface area contributed by atoms with Crippen LogP contribution in [0.3, 0.4) is 0 Å². The molecule has 0 aromatic heterocycles. The predicted molar refractivity (Wildman–Crippen MR) is 64.5 cm³/mol. The standard InChI is InChI=1S/C11H19NO3S/c1-8(7-10(13)14)12(2)11(15)9-3-5-16-6-4-9/h8-9H,3-7H2,1-2H3,(H,13,14). The van der Waals surface area contributed by atoms with Crippen LogP contribution in [0.4, 0.5) is 0 Å². The number of thioether (sulfide) groups is 1. The average molecular weight is 245 g/mol. The Bertz CT molecular complexity index is 264. The van der Waals surface area contributed by atoms with Crippen molar-refractivity contribution >= 4 is 23.6 Å². The van der Waals surface area contributed by atoms with Gasteiger partial charge in [0, 0.05) is 19.0 Å². The average Bonchev–Trinajstić information content (AvgIpc) is 2.27. The second kappa shape index (κ2) is 6.13. The van der Waals surface area contributed by atoms with E-state index in [0.717, 1.165) is 24.3 Å². The summed E-state index contributed by atoms with van der Waals surface area (Å²) in [7, 11) is 1.71. The number of carboxylic acids is 1. The number of amides is 1. The van der Waals surface area contributed by atoms with Gasteiger partial charge in [-0.3, -0.25) is 9.59 Å². The first kappa shape index (κ1) is 13.4. The maximum absolute atomic E-state index is 12.0. The highest BCUT2D eigenvalue weighted by molar-refractivity contribution is 7.99. The van der Waals surface area contributed by atoms with Crippen LogP contribution in [0.5, 0.6) is 0 Å². The molecule has 0 aromatic carbocycles. The third-order valence-electron chi connectivity index (χ3n) is 3.05. The van der Waals surface area contributed by atoms with Crippen molar-refractivity contribution in [3.63, 3.8) is 0 Å². The Balaban J connectivity index is 2.48. The van der Waals surface area contributed by atoms with E-state index in [4.69, 9.17) is 5.11 Å². The van der Waals surface area contributed by atoms with Crippen molar-refractivity contribution in [1.82, 2.24) is 4.90 Å². The molecule has 0 bridgehead atoms. The van der Waals surface area contributed by atoms with Crippen molar-refractivity contribution in [3.8, 4) is 0 Å². The highest BCUT2D eigenvalue weighted by atomic mass is 32.2. The molecule has 1 unspecified atom stereocenters. The number of carbonyl (C=O) groups excluding carboxylic acids is 1. The van der Waals surface area contributed by atoms with Crippen molar-refractivity contribution < 1.29 is 14.7 Å². The van der Waals surface area contributed by atoms with Gasteiger partial charge in [-0.25, -0.2) is 0 Å². The molecule has 1 amide bonds. The summed E-state index contributed by atoms with van der Waals surface area (Å²) < 4.78 is 0. The Labute approximate surface area is 100 Å². The van der Waals surface area contributed by atoms with Crippen LogP contribution < -0.4 is 0 Å². The zero-order valence-corrected chi connectivity index (χ0v) is 10.6. The van der Waals surface area contributed by atoms with Gasteiger partial charge >= 0.3 is 5.97 Å². The molecule has 1 fully saturated rings. The molecule has 1 aliphatic rings. The van der Waals surface area contributed by atoms with Crippen LogP contribution in [-0.2, 0) is 9.59 Å². The van der Waals surface area contributed by atoms with Crippen LogP contribution in [0, 0.1) is 5.92 Å². The Morgan fingerprint density at radius 2 is 2.00 bits per heavy atom. The minimum atomic E-state index is -0.855. The molecule has 5 heteroatoms. The molecule has 16 heavy (non-hydrogen) atoms. The molecule has 0 aliphatic carbocycles. The van der Waals surface area contributed by atoms with Gasteiger partial charge in [-0.15, -0.1) is 0 Å². The molecule has 92 valence electrons. The van der Waals surface area contributed by atoms with E-state index < -0.39 is 5.97 Å². The number of rotatable bonds is 4. The minimum Gasteiger partial charge on any atom is -0.481 e. The second-order valence-corrected chi connectivity index (χ2v) is 5.51. The Kier molecular flexibility index (Phi) is 5.12. The maximum Gasteiger partial charge on any atom is 0.305 e. The minimum absolute atomic E-state index is 0.0176. The van der Waals surface area contributed by atoms with Crippen LogP contribution in [0.25, 0.3) is 0 Å². The summed E-state index contributed by atoms with van der Waals surface area (Å²) in [6, 6.07) is -0.223. The number of carbonyl (C=O) groups is 2. The lowest BCUT2D eigenvalue weighted by molar-refractivity contribution is -0.141. The summed E-state index contributed by atoms with van der Waals surface area (Å²) in [5, 5.41) is 8.68. The van der Waals surface area contributed by atoms with Gasteiger partial charge in [0.05, 0.1) is 6.42 Å². The normalized spacial score (nSPS) is 19.1. The van der Waals surface area contributed by atoms with Crippen molar-refractivity contribution in [2.24, 2.45) is 5.92 Å². The molecule has 1 atom stereocenters. The zero-order chi connectivity index (χ0) is 12.1. The molecule has 1 N–H and O–H groups in total. The van der Waals surface area contributed by atoms with Crippen molar-refractivity contribution in [2.45, 2.75) is 32.2 Å². The third kappa shape index (κ3) is 3.70. The fourth-order valence-electron chi connectivity index (χ4n) is 1.84. The molecule has 0 saturated carbocycles. The van der Waals surface area contributed by atoms with Crippen LogP contribution in [-0.4, -0.2) is 46.5 Å². The van der Waals surface area contributed by atoms with Gasteiger partial charge in [-0.1, -0.05) is 0 Å². The van der Waals surface area contributed by atoms with Crippen LogP contribution in [0.2, 0.25) is 0 Å². The lowest BCUT2D eigenvalue weighted by atomic mass is 10.0. The lowest BCUT2D eigenvalue weighted by Gasteiger charge is -2.29. The smallest absolute Gasteiger partial charge is 0.305 e. The van der Waals surface area contributed by atoms with E-state index in [2.05, 4.69) is 0 Å². The monoisotopic (exact) mass is 245 g/mol. The molecule has 1 saturated heterocycles. The lowest BCUT2D eigenvalue weighted by Crippen LogP contribution is -2.41. The fourth-order valence-corrected chi connectivity index (χ4v) is 2.95. The van der Waals surface area contributed by atoms with Crippen molar-refractivity contribution in [1.29, 1.82) is 0 Å². The summed E-state index contributed by atoms with van der Waals surface area (Å²) in [5.41, 5.74) is 0. The van der Waals surface area contributed by atoms with Gasteiger partial charge in [0.25, 0.3) is 0 Å². The Morgan fingerprint density at radius 3 is 2.50 bits per heavy atom. The molecule has 0 aromatic rings. The van der Waals surface area contributed by atoms with E-state index in [1.54, 1.807) is 18.9 Å². The number of carboxylic acid groups (broad SMARTS) is 1. The topological polar surface area (TPSA) is 57.6 Å². The zero-order valence-electron chi connectivity index (χ0n) is 9.81. The molecule has 0 radical (unpaired) electrons. The van der Waals surface area contributed by atoms with E-state index >= 15 is 0 Å². The van der Waals surface area contributed by atoms with E-state index in [0.29, 0.717) is 0 Å². The molecule has 0 spiro atoms. The number of hydrogen-bond donors (Lipinski definition) is 1. The molecule has 4 nitrogen and oxygen atoms in total. The van der Waals surface area contributed by atoms with E-state index in [1.807, 2.05) is 11.8 Å².